The second kappa shape index (κ2) is 6.20. The van der Waals surface area contributed by atoms with Crippen LogP contribution in [-0.2, 0) is 6.54 Å². The van der Waals surface area contributed by atoms with Gasteiger partial charge in [0, 0.05) is 12.7 Å². The van der Waals surface area contributed by atoms with Crippen LogP contribution in [0, 0.1) is 13.8 Å². The van der Waals surface area contributed by atoms with Crippen molar-refractivity contribution in [3.05, 3.63) is 41.1 Å². The molecule has 23 heavy (non-hydrogen) atoms. The number of carbonyl (C=O) groups is 1. The smallest absolute Gasteiger partial charge is 0.257 e. The van der Waals surface area contributed by atoms with Crippen LogP contribution in [0.25, 0.3) is 0 Å². The van der Waals surface area contributed by atoms with Crippen molar-refractivity contribution in [3.63, 3.8) is 0 Å². The van der Waals surface area contributed by atoms with Crippen LogP contribution in [0.1, 0.15) is 40.0 Å². The molecule has 1 amide bonds. The molecule has 0 N–H and O–H groups in total. The van der Waals surface area contributed by atoms with Gasteiger partial charge in [0.05, 0.1) is 23.8 Å². The molecule has 6 nitrogen and oxygen atoms in total. The van der Waals surface area contributed by atoms with Gasteiger partial charge in [-0.15, -0.1) is 0 Å². The van der Waals surface area contributed by atoms with Gasteiger partial charge < -0.3 is 14.2 Å². The van der Waals surface area contributed by atoms with Crippen LogP contribution in [0.3, 0.4) is 0 Å². The maximum Gasteiger partial charge on any atom is 0.257 e. The molecule has 1 aliphatic rings. The fraction of sp³-hybridized carbons (Fsp3) is 0.529. The Kier molecular flexibility index (Phi) is 4.26. The quantitative estimate of drug-likeness (QED) is 0.868. The number of aromatic nitrogens is 2. The maximum atomic E-state index is 12.9. The number of furan rings is 1. The molecule has 0 saturated carbocycles. The normalized spacial score (nSPS) is 17.6. The summed E-state index contributed by atoms with van der Waals surface area (Å²) < 4.78 is 7.59. The molecular weight excluding hydrogens is 292 g/mol. The molecule has 3 rings (SSSR count). The summed E-state index contributed by atoms with van der Waals surface area (Å²) >= 11 is 0. The molecule has 0 aromatic carbocycles. The van der Waals surface area contributed by atoms with Crippen molar-refractivity contribution in [2.75, 3.05) is 27.2 Å². The standard InChI is InChI=1S/C17H24N4O2/c1-12-9-16(13(2)23-12)17(22)20-10-14-5-7-18-21(14)15(11-20)6-8-19(3)4/h5,7,9,15H,6,8,10-11H2,1-4H3/t15-/m0/s1. The highest BCUT2D eigenvalue weighted by Gasteiger charge is 2.30. The Morgan fingerprint density at radius 1 is 1.43 bits per heavy atom. The number of rotatable bonds is 4. The summed E-state index contributed by atoms with van der Waals surface area (Å²) in [7, 11) is 4.13. The average molecular weight is 316 g/mol. The van der Waals surface area contributed by atoms with E-state index in [0.717, 1.165) is 24.4 Å². The Balaban J connectivity index is 1.82. The summed E-state index contributed by atoms with van der Waals surface area (Å²) in [5.74, 6) is 1.51. The third kappa shape index (κ3) is 3.17. The lowest BCUT2D eigenvalue weighted by molar-refractivity contribution is 0.0658. The van der Waals surface area contributed by atoms with Crippen molar-refractivity contribution in [1.82, 2.24) is 19.6 Å². The fourth-order valence-corrected chi connectivity index (χ4v) is 3.18. The van der Waals surface area contributed by atoms with E-state index in [2.05, 4.69) is 28.8 Å². The van der Waals surface area contributed by atoms with Crippen LogP contribution in [0.15, 0.2) is 22.7 Å². The van der Waals surface area contributed by atoms with Gasteiger partial charge in [0.2, 0.25) is 0 Å². The molecule has 0 bridgehead atoms. The highest BCUT2D eigenvalue weighted by atomic mass is 16.3. The second-order valence-corrected chi connectivity index (χ2v) is 6.53. The largest absolute Gasteiger partial charge is 0.466 e. The lowest BCUT2D eigenvalue weighted by atomic mass is 10.1. The van der Waals surface area contributed by atoms with E-state index in [-0.39, 0.29) is 11.9 Å². The van der Waals surface area contributed by atoms with E-state index in [1.54, 1.807) is 0 Å². The van der Waals surface area contributed by atoms with Gasteiger partial charge in [-0.1, -0.05) is 0 Å². The summed E-state index contributed by atoms with van der Waals surface area (Å²) in [6.07, 6.45) is 2.79. The Hall–Kier alpha value is -2.08. The van der Waals surface area contributed by atoms with E-state index in [9.17, 15) is 4.79 Å². The monoisotopic (exact) mass is 316 g/mol. The molecule has 0 fully saturated rings. The summed E-state index contributed by atoms with van der Waals surface area (Å²) in [5.41, 5.74) is 1.76. The lowest BCUT2D eigenvalue weighted by Crippen LogP contribution is -2.42. The van der Waals surface area contributed by atoms with Gasteiger partial charge in [0.1, 0.15) is 11.5 Å². The van der Waals surface area contributed by atoms with Gasteiger partial charge in [-0.25, -0.2) is 0 Å². The zero-order chi connectivity index (χ0) is 16.6. The first-order valence-electron chi connectivity index (χ1n) is 7.99. The van der Waals surface area contributed by atoms with Crippen molar-refractivity contribution in [1.29, 1.82) is 0 Å². The predicted molar refractivity (Wildman–Crippen MR) is 87.4 cm³/mol. The molecule has 1 atom stereocenters. The van der Waals surface area contributed by atoms with Crippen LogP contribution in [-0.4, -0.2) is 52.7 Å². The first kappa shape index (κ1) is 15.8. The second-order valence-electron chi connectivity index (χ2n) is 6.53. The number of nitrogens with zero attached hydrogens (tertiary/aromatic N) is 4. The van der Waals surface area contributed by atoms with Crippen LogP contribution in [0.4, 0.5) is 0 Å². The minimum Gasteiger partial charge on any atom is -0.466 e. The molecule has 2 aromatic heterocycles. The van der Waals surface area contributed by atoms with Gasteiger partial charge in [-0.2, -0.15) is 5.10 Å². The molecule has 0 radical (unpaired) electrons. The molecule has 6 heteroatoms. The molecular formula is C17H24N4O2. The van der Waals surface area contributed by atoms with Crippen LogP contribution in [0.2, 0.25) is 0 Å². The van der Waals surface area contributed by atoms with Gasteiger partial charge in [-0.3, -0.25) is 9.48 Å². The van der Waals surface area contributed by atoms with Crippen molar-refractivity contribution in [2.45, 2.75) is 32.9 Å². The average Bonchev–Trinajstić information content (AvgIpc) is 3.09. The van der Waals surface area contributed by atoms with Crippen LogP contribution < -0.4 is 0 Å². The van der Waals surface area contributed by atoms with Crippen molar-refractivity contribution in [3.8, 4) is 0 Å². The number of hydrogen-bond donors (Lipinski definition) is 0. The van der Waals surface area contributed by atoms with Crippen LogP contribution in [0.5, 0.6) is 0 Å². The zero-order valence-electron chi connectivity index (χ0n) is 14.2. The maximum absolute atomic E-state index is 12.9. The van der Waals surface area contributed by atoms with Crippen LogP contribution >= 0.6 is 0 Å². The van der Waals surface area contributed by atoms with E-state index >= 15 is 0 Å². The van der Waals surface area contributed by atoms with Gasteiger partial charge >= 0.3 is 0 Å². The number of amides is 1. The van der Waals surface area contributed by atoms with E-state index < -0.39 is 0 Å². The SMILES string of the molecule is Cc1cc(C(=O)N2Cc3ccnn3[C@@H](CCN(C)C)C2)c(C)o1. The van der Waals surface area contributed by atoms with Gasteiger partial charge in [-0.05, 0) is 53.0 Å². The van der Waals surface area contributed by atoms with Crippen molar-refractivity contribution < 1.29 is 9.21 Å². The third-order valence-electron chi connectivity index (χ3n) is 4.35. The zero-order valence-corrected chi connectivity index (χ0v) is 14.2. The highest BCUT2D eigenvalue weighted by Crippen LogP contribution is 2.26. The van der Waals surface area contributed by atoms with Gasteiger partial charge in [0.15, 0.2) is 0 Å². The van der Waals surface area contributed by atoms with E-state index in [1.807, 2.05) is 37.1 Å². The molecule has 0 spiro atoms. The minimum absolute atomic E-state index is 0.0432. The van der Waals surface area contributed by atoms with E-state index in [4.69, 9.17) is 4.42 Å². The number of hydrogen-bond acceptors (Lipinski definition) is 4. The summed E-state index contributed by atoms with van der Waals surface area (Å²) in [6.45, 7) is 5.97. The number of fused-ring (bicyclic) bond motifs is 1. The third-order valence-corrected chi connectivity index (χ3v) is 4.35. The highest BCUT2D eigenvalue weighted by molar-refractivity contribution is 5.95. The molecule has 3 heterocycles. The topological polar surface area (TPSA) is 54.5 Å². The first-order valence-corrected chi connectivity index (χ1v) is 7.99. The van der Waals surface area contributed by atoms with Crippen molar-refractivity contribution >= 4 is 5.91 Å². The predicted octanol–water partition coefficient (Wildman–Crippen LogP) is 2.24. The minimum atomic E-state index is 0.0432. The van der Waals surface area contributed by atoms with E-state index in [0.29, 0.717) is 24.4 Å². The lowest BCUT2D eigenvalue weighted by Gasteiger charge is -2.34. The molecule has 1 aliphatic heterocycles. The molecule has 2 aromatic rings. The first-order chi connectivity index (χ1) is 11.0. The van der Waals surface area contributed by atoms with Gasteiger partial charge in [0.25, 0.3) is 5.91 Å². The summed E-state index contributed by atoms with van der Waals surface area (Å²) in [4.78, 5) is 16.9. The molecule has 0 aliphatic carbocycles. The van der Waals surface area contributed by atoms with Crippen molar-refractivity contribution in [2.24, 2.45) is 0 Å². The Morgan fingerprint density at radius 3 is 2.87 bits per heavy atom. The Bertz CT molecular complexity index is 701. The number of aryl methyl sites for hydroxylation is 2. The Labute approximate surface area is 136 Å². The molecule has 124 valence electrons. The Morgan fingerprint density at radius 2 is 2.22 bits per heavy atom. The molecule has 0 unspecified atom stereocenters. The molecule has 0 saturated heterocycles. The van der Waals surface area contributed by atoms with E-state index in [1.165, 1.54) is 0 Å². The summed E-state index contributed by atoms with van der Waals surface area (Å²) in [5, 5.41) is 4.45. The fourth-order valence-electron chi connectivity index (χ4n) is 3.18. The summed E-state index contributed by atoms with van der Waals surface area (Å²) in [6, 6.07) is 4.04. The number of carbonyl (C=O) groups excluding carboxylic acids is 1.